The molecule has 0 spiro atoms. The molecule has 3 rings (SSSR count). The first-order valence-electron chi connectivity index (χ1n) is 5.79. The second-order valence-corrected chi connectivity index (χ2v) is 4.97. The molecule has 2 aromatic heterocycles. The van der Waals surface area contributed by atoms with Crippen molar-refractivity contribution in [3.8, 4) is 11.3 Å². The van der Waals surface area contributed by atoms with Gasteiger partial charge in [-0.1, -0.05) is 30.3 Å². The van der Waals surface area contributed by atoms with E-state index in [0.717, 1.165) is 26.8 Å². The summed E-state index contributed by atoms with van der Waals surface area (Å²) in [4.78, 5) is 4.43. The summed E-state index contributed by atoms with van der Waals surface area (Å²) < 4.78 is 2.46. The smallest absolute Gasteiger partial charge is 0.222 e. The first-order chi connectivity index (χ1) is 9.22. The number of hydrogen-bond acceptors (Lipinski definition) is 4. The van der Waals surface area contributed by atoms with Crippen LogP contribution in [0.3, 0.4) is 0 Å². The van der Waals surface area contributed by atoms with Crippen LogP contribution in [0.25, 0.3) is 16.8 Å². The zero-order valence-electron chi connectivity index (χ0n) is 10.0. The van der Waals surface area contributed by atoms with Crippen LogP contribution in [0.5, 0.6) is 0 Å². The van der Waals surface area contributed by atoms with Crippen LogP contribution >= 0.6 is 15.9 Å². The third-order valence-corrected chi connectivity index (χ3v) is 3.57. The summed E-state index contributed by atoms with van der Waals surface area (Å²) in [5.41, 5.74) is 15.4. The molecule has 0 aliphatic carbocycles. The number of anilines is 1. The summed E-state index contributed by atoms with van der Waals surface area (Å²) in [6.45, 7) is 0.366. The number of halogens is 1. The highest BCUT2D eigenvalue weighted by atomic mass is 79.9. The highest BCUT2D eigenvalue weighted by molar-refractivity contribution is 9.10. The quantitative estimate of drug-likeness (QED) is 0.759. The van der Waals surface area contributed by atoms with Gasteiger partial charge in [0.1, 0.15) is 0 Å². The molecule has 0 unspecified atom stereocenters. The standard InChI is InChI=1S/C13H12BrN5/c14-10-7-17-19-12(10)9(6-15)11(18-13(19)16)8-4-2-1-3-5-8/h1-5,7H,6,15H2,(H2,16,18). The van der Waals surface area contributed by atoms with Gasteiger partial charge in [0, 0.05) is 17.7 Å². The average molecular weight is 318 g/mol. The van der Waals surface area contributed by atoms with Crippen molar-refractivity contribution in [3.05, 3.63) is 46.6 Å². The minimum absolute atomic E-state index is 0.344. The molecule has 1 aromatic carbocycles. The molecule has 0 radical (unpaired) electrons. The Bertz CT molecular complexity index is 736. The van der Waals surface area contributed by atoms with Gasteiger partial charge < -0.3 is 11.5 Å². The number of nitrogen functional groups attached to an aromatic ring is 1. The molecule has 0 fully saturated rings. The van der Waals surface area contributed by atoms with Crippen molar-refractivity contribution in [2.24, 2.45) is 5.73 Å². The first kappa shape index (κ1) is 12.1. The van der Waals surface area contributed by atoms with Gasteiger partial charge in [-0.3, -0.25) is 0 Å². The molecule has 0 atom stereocenters. The highest BCUT2D eigenvalue weighted by Gasteiger charge is 2.16. The van der Waals surface area contributed by atoms with Gasteiger partial charge in [-0.25, -0.2) is 4.98 Å². The van der Waals surface area contributed by atoms with E-state index >= 15 is 0 Å². The Labute approximate surface area is 118 Å². The van der Waals surface area contributed by atoms with E-state index in [4.69, 9.17) is 11.5 Å². The van der Waals surface area contributed by atoms with E-state index in [1.165, 1.54) is 0 Å². The lowest BCUT2D eigenvalue weighted by Crippen LogP contribution is -2.09. The van der Waals surface area contributed by atoms with Gasteiger partial charge >= 0.3 is 0 Å². The molecule has 6 heteroatoms. The number of benzene rings is 1. The third-order valence-electron chi connectivity index (χ3n) is 2.99. The lowest BCUT2D eigenvalue weighted by molar-refractivity contribution is 0.918. The fourth-order valence-electron chi connectivity index (χ4n) is 2.14. The van der Waals surface area contributed by atoms with E-state index < -0.39 is 0 Å². The van der Waals surface area contributed by atoms with Crippen molar-refractivity contribution in [1.82, 2.24) is 14.6 Å². The third kappa shape index (κ3) is 1.89. The summed E-state index contributed by atoms with van der Waals surface area (Å²) in [5, 5.41) is 4.19. The maximum atomic E-state index is 5.96. The van der Waals surface area contributed by atoms with Gasteiger partial charge in [0.25, 0.3) is 0 Å². The van der Waals surface area contributed by atoms with Gasteiger partial charge in [-0.05, 0) is 15.9 Å². The Kier molecular flexibility index (Phi) is 2.96. The first-order valence-corrected chi connectivity index (χ1v) is 6.58. The molecule has 19 heavy (non-hydrogen) atoms. The summed E-state index contributed by atoms with van der Waals surface area (Å²) in [6.07, 6.45) is 1.70. The lowest BCUT2D eigenvalue weighted by atomic mass is 10.1. The Morgan fingerprint density at radius 1 is 1.21 bits per heavy atom. The minimum atomic E-state index is 0.344. The molecule has 0 amide bonds. The van der Waals surface area contributed by atoms with Crippen LogP contribution < -0.4 is 11.5 Å². The van der Waals surface area contributed by atoms with Gasteiger partial charge in [0.2, 0.25) is 5.95 Å². The minimum Gasteiger partial charge on any atom is -0.368 e. The number of nitrogens with zero attached hydrogens (tertiary/aromatic N) is 3. The fraction of sp³-hybridized carbons (Fsp3) is 0.0769. The Balaban J connectivity index is 2.39. The molecule has 0 bridgehead atoms. The van der Waals surface area contributed by atoms with Crippen molar-refractivity contribution in [2.75, 3.05) is 5.73 Å². The van der Waals surface area contributed by atoms with Crippen LogP contribution in [0.15, 0.2) is 41.0 Å². The van der Waals surface area contributed by atoms with Crippen molar-refractivity contribution in [1.29, 1.82) is 0 Å². The molecule has 5 nitrogen and oxygen atoms in total. The molecule has 0 saturated carbocycles. The van der Waals surface area contributed by atoms with Crippen LogP contribution in [-0.2, 0) is 6.54 Å². The molecular formula is C13H12BrN5. The van der Waals surface area contributed by atoms with Crippen LogP contribution in [0.4, 0.5) is 5.95 Å². The number of rotatable bonds is 2. The second-order valence-electron chi connectivity index (χ2n) is 4.12. The Hall–Kier alpha value is -1.92. The van der Waals surface area contributed by atoms with E-state index in [1.54, 1.807) is 10.7 Å². The molecule has 2 heterocycles. The zero-order valence-corrected chi connectivity index (χ0v) is 11.6. The van der Waals surface area contributed by atoms with Gasteiger partial charge in [-0.2, -0.15) is 9.61 Å². The van der Waals surface area contributed by atoms with Crippen molar-refractivity contribution >= 4 is 27.4 Å². The van der Waals surface area contributed by atoms with Crippen molar-refractivity contribution < 1.29 is 0 Å². The van der Waals surface area contributed by atoms with Crippen LogP contribution in [0.2, 0.25) is 0 Å². The normalized spacial score (nSPS) is 11.1. The summed E-state index contributed by atoms with van der Waals surface area (Å²) in [5.74, 6) is 0.344. The fourth-order valence-corrected chi connectivity index (χ4v) is 2.64. The topological polar surface area (TPSA) is 82.2 Å². The molecule has 0 aliphatic heterocycles. The molecular weight excluding hydrogens is 306 g/mol. The van der Waals surface area contributed by atoms with Crippen molar-refractivity contribution in [3.63, 3.8) is 0 Å². The summed E-state index contributed by atoms with van der Waals surface area (Å²) in [6, 6.07) is 9.86. The Morgan fingerprint density at radius 2 is 1.95 bits per heavy atom. The molecule has 4 N–H and O–H groups in total. The van der Waals surface area contributed by atoms with E-state index in [1.807, 2.05) is 30.3 Å². The largest absolute Gasteiger partial charge is 0.368 e. The van der Waals surface area contributed by atoms with Gasteiger partial charge in [0.05, 0.1) is 21.9 Å². The van der Waals surface area contributed by atoms with Crippen LogP contribution in [0.1, 0.15) is 5.56 Å². The summed E-state index contributed by atoms with van der Waals surface area (Å²) >= 11 is 3.48. The molecule has 0 saturated heterocycles. The maximum Gasteiger partial charge on any atom is 0.222 e. The molecule has 96 valence electrons. The number of hydrogen-bond donors (Lipinski definition) is 2. The Morgan fingerprint density at radius 3 is 2.63 bits per heavy atom. The average Bonchev–Trinajstić information content (AvgIpc) is 2.83. The van der Waals surface area contributed by atoms with E-state index in [-0.39, 0.29) is 0 Å². The SMILES string of the molecule is NCc1c(-c2ccccc2)nc(N)n2ncc(Br)c12. The lowest BCUT2D eigenvalue weighted by Gasteiger charge is -2.11. The predicted molar refractivity (Wildman–Crippen MR) is 78.4 cm³/mol. The summed E-state index contributed by atoms with van der Waals surface area (Å²) in [7, 11) is 0. The number of nitrogens with two attached hydrogens (primary N) is 2. The van der Waals surface area contributed by atoms with Crippen molar-refractivity contribution in [2.45, 2.75) is 6.54 Å². The zero-order chi connectivity index (χ0) is 13.4. The van der Waals surface area contributed by atoms with E-state index in [0.29, 0.717) is 12.5 Å². The predicted octanol–water partition coefficient (Wildman–Crippen LogP) is 2.20. The van der Waals surface area contributed by atoms with E-state index in [2.05, 4.69) is 26.0 Å². The van der Waals surface area contributed by atoms with Crippen LogP contribution in [-0.4, -0.2) is 14.6 Å². The molecule has 3 aromatic rings. The maximum absolute atomic E-state index is 5.96. The number of fused-ring (bicyclic) bond motifs is 1. The highest BCUT2D eigenvalue weighted by Crippen LogP contribution is 2.30. The monoisotopic (exact) mass is 317 g/mol. The molecule has 0 aliphatic rings. The second kappa shape index (κ2) is 4.64. The van der Waals surface area contributed by atoms with Gasteiger partial charge in [-0.15, -0.1) is 0 Å². The van der Waals surface area contributed by atoms with Crippen LogP contribution in [0, 0.1) is 0 Å². The van der Waals surface area contributed by atoms with E-state index in [9.17, 15) is 0 Å². The van der Waals surface area contributed by atoms with Gasteiger partial charge in [0.15, 0.2) is 0 Å². The number of aromatic nitrogens is 3.